The Kier molecular flexibility index (Phi) is 10.1. The van der Waals surface area contributed by atoms with E-state index >= 15 is 0 Å². The first-order valence-electron chi connectivity index (χ1n) is 10.4. The Labute approximate surface area is 236 Å². The van der Waals surface area contributed by atoms with Crippen LogP contribution in [0.4, 0.5) is 0 Å². The van der Waals surface area contributed by atoms with Gasteiger partial charge in [0.2, 0.25) is 0 Å². The molecule has 0 aliphatic heterocycles. The fraction of sp³-hybridized carbons (Fsp3) is 0.154. The average molecular weight is 655 g/mol. The van der Waals surface area contributed by atoms with E-state index in [1.165, 1.54) is 13.2 Å². The lowest BCUT2D eigenvalue weighted by Gasteiger charge is -2.12. The van der Waals surface area contributed by atoms with E-state index < -0.39 is 5.91 Å². The maximum atomic E-state index is 12.7. The van der Waals surface area contributed by atoms with Gasteiger partial charge in [0.1, 0.15) is 35.5 Å². The molecule has 3 aromatic carbocycles. The summed E-state index contributed by atoms with van der Waals surface area (Å²) < 4.78 is 17.8. The topological polar surface area (TPSA) is 80.6 Å². The van der Waals surface area contributed by atoms with Crippen molar-refractivity contribution in [3.05, 3.63) is 89.8 Å². The van der Waals surface area contributed by atoms with Crippen LogP contribution in [0.3, 0.4) is 0 Å². The number of benzene rings is 3. The van der Waals surface area contributed by atoms with E-state index in [4.69, 9.17) is 37.4 Å². The number of carbonyl (C=O) groups is 1. The molecule has 0 bridgehead atoms. The molecule has 3 aromatic rings. The van der Waals surface area contributed by atoms with Crippen LogP contribution in [0, 0.1) is 11.3 Å². The molecule has 0 aliphatic carbocycles. The SMILES string of the molecule is COc1ccc(CNC(=O)/C(C#N)=C/c2cc(Br)c(OCc3ccc(Cl)c(Cl)c3)c(Br)c2)c(OC)c1. The lowest BCUT2D eigenvalue weighted by Crippen LogP contribution is -2.24. The number of amides is 1. The summed E-state index contributed by atoms with van der Waals surface area (Å²) in [6.45, 7) is 0.448. The normalized spacial score (nSPS) is 11.0. The molecule has 0 heterocycles. The Morgan fingerprint density at radius 2 is 1.75 bits per heavy atom. The van der Waals surface area contributed by atoms with E-state index in [9.17, 15) is 10.1 Å². The summed E-state index contributed by atoms with van der Waals surface area (Å²) in [5, 5.41) is 13.3. The lowest BCUT2D eigenvalue weighted by molar-refractivity contribution is -0.117. The molecule has 3 rings (SSSR count). The highest BCUT2D eigenvalue weighted by Crippen LogP contribution is 2.36. The fourth-order valence-corrected chi connectivity index (χ4v) is 4.94. The molecule has 0 saturated carbocycles. The predicted molar refractivity (Wildman–Crippen MR) is 148 cm³/mol. The molecule has 10 heteroatoms. The number of rotatable bonds is 9. The molecule has 0 saturated heterocycles. The van der Waals surface area contributed by atoms with Crippen LogP contribution in [0.25, 0.3) is 6.08 Å². The van der Waals surface area contributed by atoms with Crippen molar-refractivity contribution in [2.45, 2.75) is 13.2 Å². The van der Waals surface area contributed by atoms with Gasteiger partial charge in [0.25, 0.3) is 5.91 Å². The van der Waals surface area contributed by atoms with Crippen LogP contribution >= 0.6 is 55.1 Å². The van der Waals surface area contributed by atoms with Crippen LogP contribution in [-0.4, -0.2) is 20.1 Å². The quantitative estimate of drug-likeness (QED) is 0.193. The van der Waals surface area contributed by atoms with Crippen LogP contribution < -0.4 is 19.5 Å². The van der Waals surface area contributed by atoms with E-state index in [2.05, 4.69) is 37.2 Å². The molecule has 0 aliphatic rings. The number of hydrogen-bond acceptors (Lipinski definition) is 5. The monoisotopic (exact) mass is 652 g/mol. The Morgan fingerprint density at radius 1 is 1.03 bits per heavy atom. The van der Waals surface area contributed by atoms with Gasteiger partial charge < -0.3 is 19.5 Å². The second kappa shape index (κ2) is 13.0. The molecule has 186 valence electrons. The molecule has 0 fully saturated rings. The smallest absolute Gasteiger partial charge is 0.262 e. The molecular formula is C26H20Br2Cl2N2O4. The zero-order chi connectivity index (χ0) is 26.2. The number of nitrogens with zero attached hydrogens (tertiary/aromatic N) is 1. The van der Waals surface area contributed by atoms with Gasteiger partial charge in [-0.05, 0) is 85.5 Å². The standard InChI is InChI=1S/C26H20Br2Cl2N2O4/c1-34-19-5-4-17(24(11-19)35-2)13-32-26(33)18(12-31)7-16-8-20(27)25(21(28)9-16)36-14-15-3-6-22(29)23(30)10-15/h3-11H,13-14H2,1-2H3,(H,32,33)/b18-7+. The minimum absolute atomic E-state index is 0.0502. The average Bonchev–Trinajstić information content (AvgIpc) is 2.87. The van der Waals surface area contributed by atoms with Gasteiger partial charge in [0, 0.05) is 18.2 Å². The Balaban J connectivity index is 1.72. The number of ether oxygens (including phenoxy) is 3. The highest BCUT2D eigenvalue weighted by molar-refractivity contribution is 9.11. The van der Waals surface area contributed by atoms with Crippen molar-refractivity contribution in [1.82, 2.24) is 5.32 Å². The van der Waals surface area contributed by atoms with E-state index in [0.717, 1.165) is 11.1 Å². The highest BCUT2D eigenvalue weighted by Gasteiger charge is 2.14. The minimum atomic E-state index is -0.512. The van der Waals surface area contributed by atoms with Crippen LogP contribution in [0.15, 0.2) is 63.0 Å². The molecule has 0 aromatic heterocycles. The summed E-state index contributed by atoms with van der Waals surface area (Å²) in [7, 11) is 3.10. The van der Waals surface area contributed by atoms with Crippen molar-refractivity contribution in [3.8, 4) is 23.3 Å². The van der Waals surface area contributed by atoms with Crippen LogP contribution in [0.5, 0.6) is 17.2 Å². The van der Waals surface area contributed by atoms with Crippen molar-refractivity contribution in [2.24, 2.45) is 0 Å². The third kappa shape index (κ3) is 7.17. The van der Waals surface area contributed by atoms with Gasteiger partial charge >= 0.3 is 0 Å². The van der Waals surface area contributed by atoms with Crippen LogP contribution in [0.2, 0.25) is 10.0 Å². The zero-order valence-corrected chi connectivity index (χ0v) is 23.9. The zero-order valence-electron chi connectivity index (χ0n) is 19.2. The molecule has 0 spiro atoms. The third-order valence-electron chi connectivity index (χ3n) is 5.00. The molecule has 0 atom stereocenters. The van der Waals surface area contributed by atoms with Gasteiger partial charge in [0.05, 0.1) is 33.2 Å². The highest BCUT2D eigenvalue weighted by atomic mass is 79.9. The van der Waals surface area contributed by atoms with Crippen molar-refractivity contribution < 1.29 is 19.0 Å². The second-order valence-electron chi connectivity index (χ2n) is 7.38. The molecule has 0 unspecified atom stereocenters. The molecule has 36 heavy (non-hydrogen) atoms. The Bertz CT molecular complexity index is 1330. The Morgan fingerprint density at radius 3 is 2.36 bits per heavy atom. The first-order chi connectivity index (χ1) is 17.2. The van der Waals surface area contributed by atoms with Gasteiger partial charge in [-0.25, -0.2) is 0 Å². The summed E-state index contributed by atoms with van der Waals surface area (Å²) in [5.41, 5.74) is 2.18. The molecular weight excluding hydrogens is 635 g/mol. The number of hydrogen-bond donors (Lipinski definition) is 1. The minimum Gasteiger partial charge on any atom is -0.497 e. The van der Waals surface area contributed by atoms with E-state index in [1.54, 1.807) is 49.6 Å². The Hall–Kier alpha value is -2.70. The van der Waals surface area contributed by atoms with E-state index in [1.807, 2.05) is 12.1 Å². The maximum Gasteiger partial charge on any atom is 0.262 e. The fourth-order valence-electron chi connectivity index (χ4n) is 3.17. The number of nitriles is 1. The molecule has 1 amide bonds. The van der Waals surface area contributed by atoms with Crippen LogP contribution in [0.1, 0.15) is 16.7 Å². The summed E-state index contributed by atoms with van der Waals surface area (Å²) in [6.07, 6.45) is 1.50. The molecule has 0 radical (unpaired) electrons. The largest absolute Gasteiger partial charge is 0.497 e. The van der Waals surface area contributed by atoms with Gasteiger partial charge in [-0.1, -0.05) is 29.3 Å². The maximum absolute atomic E-state index is 12.7. The van der Waals surface area contributed by atoms with Crippen molar-refractivity contribution >= 4 is 67.0 Å². The predicted octanol–water partition coefficient (Wildman–Crippen LogP) is 7.34. The lowest BCUT2D eigenvalue weighted by atomic mass is 10.1. The summed E-state index contributed by atoms with van der Waals surface area (Å²) in [4.78, 5) is 12.7. The summed E-state index contributed by atoms with van der Waals surface area (Å²) in [5.74, 6) is 1.26. The van der Waals surface area contributed by atoms with Gasteiger partial charge in [-0.2, -0.15) is 5.26 Å². The molecule has 6 nitrogen and oxygen atoms in total. The number of nitrogens with one attached hydrogen (secondary N) is 1. The second-order valence-corrected chi connectivity index (χ2v) is 9.90. The number of carbonyl (C=O) groups excluding carboxylic acids is 1. The van der Waals surface area contributed by atoms with Gasteiger partial charge in [-0.3, -0.25) is 4.79 Å². The van der Waals surface area contributed by atoms with E-state index in [0.29, 0.717) is 41.8 Å². The first kappa shape index (κ1) is 27.9. The van der Waals surface area contributed by atoms with Crippen molar-refractivity contribution in [3.63, 3.8) is 0 Å². The van der Waals surface area contributed by atoms with Crippen molar-refractivity contribution in [1.29, 1.82) is 5.26 Å². The van der Waals surface area contributed by atoms with Gasteiger partial charge in [-0.15, -0.1) is 0 Å². The van der Waals surface area contributed by atoms with E-state index in [-0.39, 0.29) is 18.7 Å². The summed E-state index contributed by atoms with van der Waals surface area (Å²) in [6, 6.07) is 16.0. The third-order valence-corrected chi connectivity index (χ3v) is 6.91. The van der Waals surface area contributed by atoms with Gasteiger partial charge in [0.15, 0.2) is 0 Å². The van der Waals surface area contributed by atoms with Crippen LogP contribution in [-0.2, 0) is 17.9 Å². The molecule has 1 N–H and O–H groups in total. The van der Waals surface area contributed by atoms with Crippen molar-refractivity contribution in [2.75, 3.05) is 14.2 Å². The number of halogens is 4. The number of methoxy groups -OCH3 is 2. The first-order valence-corrected chi connectivity index (χ1v) is 12.8. The summed E-state index contributed by atoms with van der Waals surface area (Å²) >= 11 is 19.0.